The highest BCUT2D eigenvalue weighted by Crippen LogP contribution is 2.53. The molecule has 0 aliphatic rings. The summed E-state index contributed by atoms with van der Waals surface area (Å²) in [4.78, 5) is 9.28. The molecule has 0 unspecified atom stereocenters. The summed E-state index contributed by atoms with van der Waals surface area (Å²) < 4.78 is 351. The fourth-order valence-electron chi connectivity index (χ4n) is 10.7. The van der Waals surface area contributed by atoms with E-state index in [9.17, 15) is 105 Å². The minimum Gasteiger partial charge on any atom is -0.244 e. The van der Waals surface area contributed by atoms with Gasteiger partial charge in [-0.2, -0.15) is 105 Å². The van der Waals surface area contributed by atoms with Crippen LogP contribution in [0.5, 0.6) is 0 Å². The van der Waals surface area contributed by atoms with Crippen molar-refractivity contribution in [3.63, 3.8) is 0 Å². The van der Waals surface area contributed by atoms with E-state index in [-0.39, 0.29) is 83.6 Å². The smallest absolute Gasteiger partial charge is 0.244 e. The lowest BCUT2D eigenvalue weighted by Gasteiger charge is -2.23. The topological polar surface area (TPSA) is 25.8 Å². The van der Waals surface area contributed by atoms with Crippen LogP contribution >= 0.6 is 0 Å². The second-order valence-electron chi connectivity index (χ2n) is 19.7. The molecule has 11 rings (SSSR count). The molecule has 0 radical (unpaired) electrons. The third-order valence-electron chi connectivity index (χ3n) is 14.3. The molecule has 0 atom stereocenters. The lowest BCUT2D eigenvalue weighted by Crippen LogP contribution is -2.11. The van der Waals surface area contributed by atoms with Gasteiger partial charge in [-0.05, 0) is 162 Å². The van der Waals surface area contributed by atoms with Crippen molar-refractivity contribution in [3.8, 4) is 44.5 Å². The van der Waals surface area contributed by atoms with E-state index in [0.717, 1.165) is 60.7 Å². The summed E-state index contributed by atoms with van der Waals surface area (Å²) >= 11 is 0. The highest BCUT2D eigenvalue weighted by molar-refractivity contribution is 6.30. The van der Waals surface area contributed by atoms with Gasteiger partial charge in [0.1, 0.15) is 0 Å². The van der Waals surface area contributed by atoms with Crippen molar-refractivity contribution in [2.45, 2.75) is 49.4 Å². The van der Waals surface area contributed by atoms with Crippen LogP contribution in [-0.2, 0) is 49.4 Å². The molecule has 0 saturated heterocycles. The Morgan fingerprint density at radius 1 is 0.209 bits per heavy atom. The number of nitrogens with zero attached hydrogens (tertiary/aromatic N) is 2. The molecule has 0 fully saturated rings. The standard InChI is InChI=1S/C60H24F24N2/c61-53(62,63)29-13-25(14-30(21-29)54(64,65)66)45-37-5-1-3-7-39(37)47(27-17-33(57(73,74)75)23-34(18-27)58(76,77)78)49-41(45)9-11-43-51(49)85-44-12-10-42-46(26-15-31(55(67,68)69)22-32(16-26)56(70,71)72)38-6-2-4-8-40(38)48(50(42)52(44)86-43)28-19-35(59(79,80)81)24-36(20-28)60(82,83)84/h1-24H. The van der Waals surface area contributed by atoms with Crippen LogP contribution in [0.1, 0.15) is 44.5 Å². The molecule has 0 saturated carbocycles. The van der Waals surface area contributed by atoms with Crippen LogP contribution in [0.15, 0.2) is 146 Å². The first kappa shape index (κ1) is 58.9. The number of aromatic nitrogens is 2. The lowest BCUT2D eigenvalue weighted by atomic mass is 9.83. The van der Waals surface area contributed by atoms with E-state index in [4.69, 9.17) is 0 Å². The van der Waals surface area contributed by atoms with E-state index in [1.54, 1.807) is 0 Å². The Labute approximate surface area is 463 Å². The van der Waals surface area contributed by atoms with Crippen LogP contribution in [0.25, 0.3) is 110 Å². The van der Waals surface area contributed by atoms with Gasteiger partial charge in [-0.25, -0.2) is 9.97 Å². The maximum absolute atomic E-state index is 14.7. The molecule has 0 amide bonds. The quantitative estimate of drug-likeness (QED) is 0.0997. The van der Waals surface area contributed by atoms with Gasteiger partial charge < -0.3 is 0 Å². The lowest BCUT2D eigenvalue weighted by molar-refractivity contribution is -0.144. The van der Waals surface area contributed by atoms with E-state index in [1.165, 1.54) is 12.1 Å². The molecule has 0 spiro atoms. The van der Waals surface area contributed by atoms with Crippen LogP contribution in [0.4, 0.5) is 105 Å². The fraction of sp³-hybridized carbons (Fsp3) is 0.133. The van der Waals surface area contributed by atoms with Gasteiger partial charge >= 0.3 is 49.4 Å². The normalized spacial score (nSPS) is 13.6. The van der Waals surface area contributed by atoms with Crippen molar-refractivity contribution in [1.29, 1.82) is 0 Å². The molecule has 442 valence electrons. The zero-order valence-corrected chi connectivity index (χ0v) is 41.8. The van der Waals surface area contributed by atoms with Crippen molar-refractivity contribution in [2.24, 2.45) is 0 Å². The number of rotatable bonds is 4. The average Bonchev–Trinajstić information content (AvgIpc) is 0.720. The van der Waals surface area contributed by atoms with Crippen LogP contribution in [0.3, 0.4) is 0 Å². The molecule has 0 bridgehead atoms. The molecule has 86 heavy (non-hydrogen) atoms. The Morgan fingerprint density at radius 3 is 0.616 bits per heavy atom. The van der Waals surface area contributed by atoms with Crippen molar-refractivity contribution in [2.75, 3.05) is 0 Å². The Balaban J connectivity index is 1.38. The Bertz CT molecular complexity index is 4210. The average molecular weight is 1230 g/mol. The zero-order valence-electron chi connectivity index (χ0n) is 41.8. The summed E-state index contributed by atoms with van der Waals surface area (Å²) in [6.45, 7) is 0. The molecule has 0 N–H and O–H groups in total. The van der Waals surface area contributed by atoms with E-state index >= 15 is 0 Å². The number of alkyl halides is 24. The van der Waals surface area contributed by atoms with Gasteiger partial charge in [0.15, 0.2) is 0 Å². The first-order valence-corrected chi connectivity index (χ1v) is 24.3. The van der Waals surface area contributed by atoms with Gasteiger partial charge in [0.2, 0.25) is 0 Å². The Kier molecular flexibility index (Phi) is 13.2. The van der Waals surface area contributed by atoms with Crippen LogP contribution in [0.2, 0.25) is 0 Å². The molecule has 1 aromatic heterocycles. The maximum Gasteiger partial charge on any atom is 0.416 e. The summed E-state index contributed by atoms with van der Waals surface area (Å²) in [6, 6.07) is 13.9. The van der Waals surface area contributed by atoms with E-state index in [2.05, 4.69) is 9.97 Å². The maximum atomic E-state index is 14.7. The van der Waals surface area contributed by atoms with Gasteiger partial charge in [-0.1, -0.05) is 60.7 Å². The second-order valence-corrected chi connectivity index (χ2v) is 19.7. The second kappa shape index (κ2) is 19.3. The van der Waals surface area contributed by atoms with Crippen molar-refractivity contribution in [3.05, 3.63) is 190 Å². The number of fused-ring (bicyclic) bond motifs is 8. The van der Waals surface area contributed by atoms with E-state index in [0.29, 0.717) is 0 Å². The number of hydrogen-bond donors (Lipinski definition) is 0. The molecule has 0 aliphatic carbocycles. The van der Waals surface area contributed by atoms with Gasteiger partial charge in [0, 0.05) is 10.8 Å². The zero-order chi connectivity index (χ0) is 62.6. The molecule has 1 heterocycles. The summed E-state index contributed by atoms with van der Waals surface area (Å²) in [6.07, 6.45) is -44.2. The van der Waals surface area contributed by atoms with Crippen LogP contribution in [0, 0.1) is 0 Å². The van der Waals surface area contributed by atoms with Crippen molar-refractivity contribution >= 4 is 65.2 Å². The Morgan fingerprint density at radius 2 is 0.407 bits per heavy atom. The number of benzene rings is 10. The first-order valence-electron chi connectivity index (χ1n) is 24.3. The number of halogens is 24. The molecule has 11 aromatic rings. The third-order valence-corrected chi connectivity index (χ3v) is 14.3. The summed E-state index contributed by atoms with van der Waals surface area (Å²) in [7, 11) is 0. The van der Waals surface area contributed by atoms with Crippen LogP contribution < -0.4 is 0 Å². The highest BCUT2D eigenvalue weighted by atomic mass is 19.4. The summed E-state index contributed by atoms with van der Waals surface area (Å²) in [5.74, 6) is 0. The van der Waals surface area contributed by atoms with Crippen molar-refractivity contribution in [1.82, 2.24) is 9.97 Å². The minimum atomic E-state index is -5.55. The van der Waals surface area contributed by atoms with E-state index in [1.807, 2.05) is 0 Å². The fourth-order valence-corrected chi connectivity index (χ4v) is 10.7. The SMILES string of the molecule is FC(F)(F)c1cc(-c2c3ccccc3c(-c3cc(C(F)(F)F)cc(C(F)(F)F)c3)c3c2ccc2nc4c(ccc5c(-c6cc(C(F)(F)F)cc(C(F)(F)F)c6)c6ccccc6c(-c6cc(C(F)(F)F)cc(C(F)(F)F)c6)c54)nc23)cc(C(F)(F)F)c1. The van der Waals surface area contributed by atoms with E-state index < -0.39 is 193 Å². The number of hydrogen-bond acceptors (Lipinski definition) is 2. The van der Waals surface area contributed by atoms with Gasteiger partial charge in [0.25, 0.3) is 0 Å². The van der Waals surface area contributed by atoms with Gasteiger partial charge in [-0.15, -0.1) is 0 Å². The summed E-state index contributed by atoms with van der Waals surface area (Å²) in [5.41, 5.74) is -23.6. The molecule has 26 heteroatoms. The highest BCUT2D eigenvalue weighted by Gasteiger charge is 2.42. The molecule has 10 aromatic carbocycles. The molecule has 2 nitrogen and oxygen atoms in total. The third kappa shape index (κ3) is 10.4. The predicted molar refractivity (Wildman–Crippen MR) is 269 cm³/mol. The largest absolute Gasteiger partial charge is 0.416 e. The molecular weight excluding hydrogens is 1200 g/mol. The minimum absolute atomic E-state index is 0.227. The van der Waals surface area contributed by atoms with Gasteiger partial charge in [-0.3, -0.25) is 0 Å². The first-order chi connectivity index (χ1) is 39.7. The van der Waals surface area contributed by atoms with Gasteiger partial charge in [0.05, 0.1) is 66.6 Å². The summed E-state index contributed by atoms with van der Waals surface area (Å²) in [5, 5.41) is -3.85. The van der Waals surface area contributed by atoms with Crippen LogP contribution in [-0.4, -0.2) is 9.97 Å². The molecular formula is C60H24F24N2. The monoisotopic (exact) mass is 1230 g/mol. The van der Waals surface area contributed by atoms with Crippen molar-refractivity contribution < 1.29 is 105 Å². The molecule has 0 aliphatic heterocycles. The predicted octanol–water partition coefficient (Wildman–Crippen LogP) is 22.2. The Hall–Kier alpha value is -8.84.